The molecule has 1 aromatic heterocycles. The van der Waals surface area contributed by atoms with Gasteiger partial charge in [0, 0.05) is 26.7 Å². The van der Waals surface area contributed by atoms with Gasteiger partial charge in [0.25, 0.3) is 0 Å². The van der Waals surface area contributed by atoms with Crippen molar-refractivity contribution in [3.8, 4) is 16.2 Å². The van der Waals surface area contributed by atoms with Gasteiger partial charge in [-0.15, -0.1) is 22.7 Å². The van der Waals surface area contributed by atoms with E-state index in [0.29, 0.717) is 11.4 Å². The molecule has 27 heavy (non-hydrogen) atoms. The Balaban J connectivity index is 1.71. The lowest BCUT2D eigenvalue weighted by Crippen LogP contribution is -2.22. The summed E-state index contributed by atoms with van der Waals surface area (Å²) in [7, 11) is 0. The molecule has 0 spiro atoms. The van der Waals surface area contributed by atoms with E-state index in [2.05, 4.69) is 11.4 Å². The molecule has 0 radical (unpaired) electrons. The van der Waals surface area contributed by atoms with E-state index in [4.69, 9.17) is 9.84 Å². The van der Waals surface area contributed by atoms with Crippen LogP contribution >= 0.6 is 22.7 Å². The molecule has 0 atom stereocenters. The molecule has 0 amide bonds. The number of aliphatic carboxylic acids is 1. The number of thiophene rings is 1. The Bertz CT molecular complexity index is 970. The maximum absolute atomic E-state index is 11.5. The van der Waals surface area contributed by atoms with Gasteiger partial charge in [0.2, 0.25) is 0 Å². The first-order chi connectivity index (χ1) is 13.0. The van der Waals surface area contributed by atoms with Crippen LogP contribution in [0.5, 0.6) is 5.75 Å². The van der Waals surface area contributed by atoms with E-state index in [9.17, 15) is 14.7 Å². The van der Waals surface area contributed by atoms with Crippen LogP contribution in [0.25, 0.3) is 20.5 Å². The maximum atomic E-state index is 11.5. The Hall–Kier alpha value is -2.32. The Labute approximate surface area is 163 Å². The third-order valence-corrected chi connectivity index (χ3v) is 6.95. The average molecular weight is 405 g/mol. The second kappa shape index (κ2) is 7.36. The summed E-state index contributed by atoms with van der Waals surface area (Å²) in [6, 6.07) is 4.54. The molecule has 142 valence electrons. The zero-order valence-corrected chi connectivity index (χ0v) is 16.1. The standard InChI is InChI=1S/C19H19NO5S2/c21-14(22)8-25-16-15-13(27-18(16)19(23)24)7-10-6-12(9-26-17(10)15)20-11-4-2-1-3-5-11/h6-7,9,11,20H,1-5,8H2,(H,21,22)(H,23,24). The van der Waals surface area contributed by atoms with Crippen molar-refractivity contribution in [1.29, 1.82) is 0 Å². The third-order valence-electron chi connectivity index (χ3n) is 4.79. The summed E-state index contributed by atoms with van der Waals surface area (Å²) >= 11 is 2.65. The molecule has 3 aliphatic rings. The van der Waals surface area contributed by atoms with E-state index in [-0.39, 0.29) is 10.6 Å². The number of carboxylic acid groups (broad SMARTS) is 2. The Morgan fingerprint density at radius 3 is 2.67 bits per heavy atom. The minimum absolute atomic E-state index is 0.0414. The highest BCUT2D eigenvalue weighted by Crippen LogP contribution is 2.49. The Morgan fingerprint density at radius 1 is 1.19 bits per heavy atom. The van der Waals surface area contributed by atoms with Gasteiger partial charge in [-0.05, 0) is 30.5 Å². The van der Waals surface area contributed by atoms with E-state index in [1.54, 1.807) is 0 Å². The largest absolute Gasteiger partial charge is 0.479 e. The van der Waals surface area contributed by atoms with Gasteiger partial charge in [-0.3, -0.25) is 0 Å². The number of carboxylic acids is 2. The summed E-state index contributed by atoms with van der Waals surface area (Å²) in [6.45, 7) is -0.565. The molecule has 1 fully saturated rings. The minimum atomic E-state index is -1.14. The predicted molar refractivity (Wildman–Crippen MR) is 107 cm³/mol. The van der Waals surface area contributed by atoms with Gasteiger partial charge in [0.1, 0.15) is 0 Å². The van der Waals surface area contributed by atoms with Gasteiger partial charge in [-0.1, -0.05) is 19.3 Å². The molecule has 0 unspecified atom stereocenters. The van der Waals surface area contributed by atoms with Crippen molar-refractivity contribution in [3.05, 3.63) is 22.4 Å². The normalized spacial score (nSPS) is 15.3. The molecule has 2 heterocycles. The van der Waals surface area contributed by atoms with Crippen molar-refractivity contribution in [2.45, 2.75) is 38.1 Å². The predicted octanol–water partition coefficient (Wildman–Crippen LogP) is 4.97. The fourth-order valence-corrected chi connectivity index (χ4v) is 5.69. The lowest BCUT2D eigenvalue weighted by atomic mass is 9.95. The fourth-order valence-electron chi connectivity index (χ4n) is 3.63. The van der Waals surface area contributed by atoms with E-state index in [0.717, 1.165) is 32.2 Å². The van der Waals surface area contributed by atoms with Crippen LogP contribution in [0.3, 0.4) is 0 Å². The highest BCUT2D eigenvalue weighted by atomic mass is 32.1. The summed E-state index contributed by atoms with van der Waals surface area (Å²) in [5.41, 5.74) is 2.09. The number of nitrogens with one attached hydrogen (secondary N) is 1. The van der Waals surface area contributed by atoms with Crippen molar-refractivity contribution in [2.24, 2.45) is 0 Å². The number of anilines is 1. The average Bonchev–Trinajstić information content (AvgIpc) is 3.16. The summed E-state index contributed by atoms with van der Waals surface area (Å²) < 4.78 is 6.15. The summed E-state index contributed by atoms with van der Waals surface area (Å²) in [5, 5.41) is 24.7. The summed E-state index contributed by atoms with van der Waals surface area (Å²) in [6.07, 6.45) is 6.21. The van der Waals surface area contributed by atoms with Crippen LogP contribution in [0.1, 0.15) is 41.8 Å². The van der Waals surface area contributed by atoms with Crippen LogP contribution in [0.2, 0.25) is 0 Å². The molecule has 1 aliphatic heterocycles. The van der Waals surface area contributed by atoms with Crippen LogP contribution < -0.4 is 10.1 Å². The van der Waals surface area contributed by atoms with Crippen molar-refractivity contribution >= 4 is 50.4 Å². The lowest BCUT2D eigenvalue weighted by molar-refractivity contribution is -0.139. The highest BCUT2D eigenvalue weighted by Gasteiger charge is 2.26. The number of ether oxygens (including phenoxy) is 1. The first kappa shape index (κ1) is 18.1. The number of hydrogen-bond donors (Lipinski definition) is 3. The SMILES string of the molecule is O=C(O)COc1c(C(=O)O)sc2cc3cc(NC4CCCCC4)csc-3c12. The quantitative estimate of drug-likeness (QED) is 0.536. The number of rotatable bonds is 6. The molecule has 1 aromatic rings. The molecule has 0 aromatic carbocycles. The molecule has 0 saturated heterocycles. The Kier molecular flexibility index (Phi) is 4.92. The first-order valence-corrected chi connectivity index (χ1v) is 10.5. The van der Waals surface area contributed by atoms with Crippen molar-refractivity contribution in [2.75, 3.05) is 11.9 Å². The molecule has 4 rings (SSSR count). The van der Waals surface area contributed by atoms with Crippen molar-refractivity contribution in [1.82, 2.24) is 0 Å². The topological polar surface area (TPSA) is 95.9 Å². The highest BCUT2D eigenvalue weighted by molar-refractivity contribution is 7.22. The van der Waals surface area contributed by atoms with E-state index in [1.807, 2.05) is 11.4 Å². The second-order valence-corrected chi connectivity index (χ2v) is 8.66. The molecule has 1 saturated carbocycles. The van der Waals surface area contributed by atoms with Gasteiger partial charge >= 0.3 is 11.9 Å². The molecule has 8 heteroatoms. The number of hydrogen-bond acceptors (Lipinski definition) is 6. The first-order valence-electron chi connectivity index (χ1n) is 8.85. The van der Waals surface area contributed by atoms with Gasteiger partial charge in [-0.25, -0.2) is 9.59 Å². The van der Waals surface area contributed by atoms with Crippen LogP contribution in [0, 0.1) is 0 Å². The third kappa shape index (κ3) is 3.59. The molecule has 2 aliphatic carbocycles. The minimum Gasteiger partial charge on any atom is -0.479 e. The summed E-state index contributed by atoms with van der Waals surface area (Å²) in [4.78, 5) is 23.4. The van der Waals surface area contributed by atoms with Gasteiger partial charge in [0.15, 0.2) is 17.2 Å². The van der Waals surface area contributed by atoms with Crippen LogP contribution in [0.15, 0.2) is 17.5 Å². The zero-order chi connectivity index (χ0) is 19.0. The maximum Gasteiger partial charge on any atom is 0.349 e. The van der Waals surface area contributed by atoms with E-state index < -0.39 is 18.5 Å². The van der Waals surface area contributed by atoms with Crippen LogP contribution in [-0.2, 0) is 4.79 Å². The van der Waals surface area contributed by atoms with Crippen LogP contribution in [-0.4, -0.2) is 34.8 Å². The van der Waals surface area contributed by atoms with Crippen molar-refractivity contribution < 1.29 is 24.5 Å². The number of carbonyl (C=O) groups is 2. The zero-order valence-electron chi connectivity index (χ0n) is 14.5. The van der Waals surface area contributed by atoms with Gasteiger partial charge < -0.3 is 20.3 Å². The van der Waals surface area contributed by atoms with E-state index >= 15 is 0 Å². The molecule has 0 bridgehead atoms. The van der Waals surface area contributed by atoms with Crippen molar-refractivity contribution in [3.63, 3.8) is 0 Å². The number of aromatic carboxylic acids is 1. The molecule has 6 nitrogen and oxygen atoms in total. The number of fused-ring (bicyclic) bond motifs is 3. The molecular weight excluding hydrogens is 386 g/mol. The summed E-state index contributed by atoms with van der Waals surface area (Å²) in [5.74, 6) is -2.08. The smallest absolute Gasteiger partial charge is 0.349 e. The second-order valence-electron chi connectivity index (χ2n) is 6.73. The van der Waals surface area contributed by atoms with Gasteiger partial charge in [0.05, 0.1) is 5.39 Å². The van der Waals surface area contributed by atoms with Gasteiger partial charge in [-0.2, -0.15) is 0 Å². The van der Waals surface area contributed by atoms with E-state index in [1.165, 1.54) is 43.4 Å². The molecule has 3 N–H and O–H groups in total. The molecular formula is C19H19NO5S2. The monoisotopic (exact) mass is 405 g/mol. The van der Waals surface area contributed by atoms with Crippen LogP contribution in [0.4, 0.5) is 5.69 Å². The Morgan fingerprint density at radius 2 is 1.96 bits per heavy atom. The fraction of sp³-hybridized carbons (Fsp3) is 0.368. The lowest BCUT2D eigenvalue weighted by Gasteiger charge is -2.24.